The van der Waals surface area contributed by atoms with E-state index in [0.29, 0.717) is 12.0 Å². The first-order chi connectivity index (χ1) is 8.79. The van der Waals surface area contributed by atoms with Gasteiger partial charge >= 0.3 is 0 Å². The summed E-state index contributed by atoms with van der Waals surface area (Å²) >= 11 is 0. The molecule has 3 nitrogen and oxygen atoms in total. The number of fused-ring (bicyclic) bond motifs is 1. The lowest BCUT2D eigenvalue weighted by Crippen LogP contribution is -2.22. The molecule has 0 amide bonds. The van der Waals surface area contributed by atoms with E-state index in [1.165, 1.54) is 36.9 Å². The van der Waals surface area contributed by atoms with E-state index in [1.807, 2.05) is 0 Å². The monoisotopic (exact) mass is 245 g/mol. The van der Waals surface area contributed by atoms with Crippen molar-refractivity contribution in [2.45, 2.75) is 57.9 Å². The summed E-state index contributed by atoms with van der Waals surface area (Å²) in [4.78, 5) is 9.49. The molecule has 0 aromatic carbocycles. The van der Waals surface area contributed by atoms with Crippen LogP contribution in [0.1, 0.15) is 68.6 Å². The lowest BCUT2D eigenvalue weighted by molar-refractivity contribution is 0.502. The van der Waals surface area contributed by atoms with E-state index in [9.17, 15) is 0 Å². The van der Waals surface area contributed by atoms with Crippen LogP contribution >= 0.6 is 0 Å². The van der Waals surface area contributed by atoms with Crippen molar-refractivity contribution in [1.29, 1.82) is 0 Å². The molecule has 1 fully saturated rings. The first kappa shape index (κ1) is 12.1. The van der Waals surface area contributed by atoms with Crippen LogP contribution in [0.4, 0.5) is 0 Å². The Balaban J connectivity index is 1.89. The van der Waals surface area contributed by atoms with E-state index < -0.39 is 0 Å². The molecule has 0 saturated heterocycles. The van der Waals surface area contributed by atoms with Gasteiger partial charge in [0.25, 0.3) is 0 Å². The van der Waals surface area contributed by atoms with Gasteiger partial charge < -0.3 is 5.32 Å². The SMILES string of the molecule is CCNC1CCCCc2nc(C3CC3C)ncc21. The van der Waals surface area contributed by atoms with Gasteiger partial charge in [0.1, 0.15) is 5.82 Å². The summed E-state index contributed by atoms with van der Waals surface area (Å²) < 4.78 is 0. The summed E-state index contributed by atoms with van der Waals surface area (Å²) in [6.45, 7) is 5.48. The number of hydrogen-bond donors (Lipinski definition) is 1. The third-order valence-electron chi connectivity index (χ3n) is 4.34. The Morgan fingerprint density at radius 2 is 2.22 bits per heavy atom. The topological polar surface area (TPSA) is 37.8 Å². The minimum absolute atomic E-state index is 0.471. The number of rotatable bonds is 3. The van der Waals surface area contributed by atoms with Crippen molar-refractivity contribution in [1.82, 2.24) is 15.3 Å². The predicted molar refractivity (Wildman–Crippen MR) is 72.5 cm³/mol. The smallest absolute Gasteiger partial charge is 0.131 e. The standard InChI is InChI=1S/C15H23N3/c1-3-16-13-6-4-5-7-14-12(13)9-17-15(18-14)11-8-10(11)2/h9-11,13,16H,3-8H2,1-2H3. The average molecular weight is 245 g/mol. The van der Waals surface area contributed by atoms with Crippen molar-refractivity contribution in [3.63, 3.8) is 0 Å². The second-order valence-corrected chi connectivity index (χ2v) is 5.81. The quantitative estimate of drug-likeness (QED) is 0.832. The van der Waals surface area contributed by atoms with Crippen LogP contribution in [-0.4, -0.2) is 16.5 Å². The molecular formula is C15H23N3. The third kappa shape index (κ3) is 2.28. The zero-order valence-electron chi connectivity index (χ0n) is 11.4. The van der Waals surface area contributed by atoms with Crippen LogP contribution in [-0.2, 0) is 6.42 Å². The summed E-state index contributed by atoms with van der Waals surface area (Å²) in [5, 5.41) is 3.57. The van der Waals surface area contributed by atoms with Gasteiger partial charge in [-0.1, -0.05) is 20.3 Å². The van der Waals surface area contributed by atoms with E-state index in [1.54, 1.807) is 0 Å². The Bertz CT molecular complexity index is 430. The van der Waals surface area contributed by atoms with E-state index >= 15 is 0 Å². The highest BCUT2D eigenvalue weighted by atomic mass is 14.9. The molecule has 2 aliphatic carbocycles. The van der Waals surface area contributed by atoms with Crippen molar-refractivity contribution < 1.29 is 0 Å². The average Bonchev–Trinajstić information content (AvgIpc) is 3.12. The van der Waals surface area contributed by atoms with Crippen LogP contribution in [0.25, 0.3) is 0 Å². The highest BCUT2D eigenvalue weighted by Crippen LogP contribution is 2.45. The Labute approximate surface area is 109 Å². The van der Waals surface area contributed by atoms with Crippen molar-refractivity contribution >= 4 is 0 Å². The summed E-state index contributed by atoms with van der Waals surface area (Å²) in [5.41, 5.74) is 2.66. The molecule has 98 valence electrons. The van der Waals surface area contributed by atoms with Crippen LogP contribution in [0.15, 0.2) is 6.20 Å². The maximum atomic E-state index is 4.87. The predicted octanol–water partition coefficient (Wildman–Crippen LogP) is 2.98. The first-order valence-electron chi connectivity index (χ1n) is 7.38. The van der Waals surface area contributed by atoms with Crippen molar-refractivity contribution in [3.05, 3.63) is 23.3 Å². The minimum atomic E-state index is 0.471. The summed E-state index contributed by atoms with van der Waals surface area (Å²) in [5.74, 6) is 2.52. The van der Waals surface area contributed by atoms with Crippen molar-refractivity contribution in [2.75, 3.05) is 6.54 Å². The highest BCUT2D eigenvalue weighted by Gasteiger charge is 2.37. The molecule has 3 atom stereocenters. The zero-order valence-corrected chi connectivity index (χ0v) is 11.4. The van der Waals surface area contributed by atoms with E-state index in [0.717, 1.165) is 24.7 Å². The maximum absolute atomic E-state index is 4.87. The molecule has 0 aliphatic heterocycles. The summed E-state index contributed by atoms with van der Waals surface area (Å²) in [6, 6.07) is 0.471. The summed E-state index contributed by atoms with van der Waals surface area (Å²) in [6.07, 6.45) is 8.29. The van der Waals surface area contributed by atoms with Crippen LogP contribution in [0.3, 0.4) is 0 Å². The maximum Gasteiger partial charge on any atom is 0.131 e. The van der Waals surface area contributed by atoms with Gasteiger partial charge in [0.15, 0.2) is 0 Å². The van der Waals surface area contributed by atoms with Crippen LogP contribution in [0, 0.1) is 5.92 Å². The van der Waals surface area contributed by atoms with Gasteiger partial charge in [-0.15, -0.1) is 0 Å². The largest absolute Gasteiger partial charge is 0.310 e. The van der Waals surface area contributed by atoms with E-state index in [4.69, 9.17) is 4.98 Å². The number of aryl methyl sites for hydroxylation is 1. The van der Waals surface area contributed by atoms with Gasteiger partial charge in [0.2, 0.25) is 0 Å². The van der Waals surface area contributed by atoms with Gasteiger partial charge in [-0.2, -0.15) is 0 Å². The molecule has 18 heavy (non-hydrogen) atoms. The van der Waals surface area contributed by atoms with Crippen molar-refractivity contribution in [3.8, 4) is 0 Å². The van der Waals surface area contributed by atoms with Gasteiger partial charge in [-0.25, -0.2) is 9.97 Å². The molecule has 0 bridgehead atoms. The van der Waals surface area contributed by atoms with Gasteiger partial charge in [-0.05, 0) is 38.1 Å². The lowest BCUT2D eigenvalue weighted by Gasteiger charge is -2.17. The van der Waals surface area contributed by atoms with Crippen molar-refractivity contribution in [2.24, 2.45) is 5.92 Å². The molecule has 1 N–H and O–H groups in total. The fourth-order valence-corrected chi connectivity index (χ4v) is 3.05. The van der Waals surface area contributed by atoms with Gasteiger partial charge in [-0.3, -0.25) is 0 Å². The zero-order chi connectivity index (χ0) is 12.5. The third-order valence-corrected chi connectivity index (χ3v) is 4.34. The molecule has 1 saturated carbocycles. The number of nitrogens with zero attached hydrogens (tertiary/aromatic N) is 2. The Morgan fingerprint density at radius 3 is 2.94 bits per heavy atom. The Kier molecular flexibility index (Phi) is 3.33. The van der Waals surface area contributed by atoms with Crippen LogP contribution in [0.2, 0.25) is 0 Å². The molecule has 3 unspecified atom stereocenters. The highest BCUT2D eigenvalue weighted by molar-refractivity contribution is 5.25. The van der Waals surface area contributed by atoms with Gasteiger partial charge in [0, 0.05) is 29.4 Å². The molecule has 3 rings (SSSR count). The van der Waals surface area contributed by atoms with Crippen LogP contribution in [0.5, 0.6) is 0 Å². The fraction of sp³-hybridized carbons (Fsp3) is 0.733. The normalized spacial score (nSPS) is 30.7. The van der Waals surface area contributed by atoms with Gasteiger partial charge in [0.05, 0.1) is 0 Å². The fourth-order valence-electron chi connectivity index (χ4n) is 3.05. The molecule has 0 spiro atoms. The molecule has 1 aromatic heterocycles. The minimum Gasteiger partial charge on any atom is -0.310 e. The second-order valence-electron chi connectivity index (χ2n) is 5.81. The molecule has 1 aromatic rings. The molecule has 0 radical (unpaired) electrons. The Hall–Kier alpha value is -0.960. The Morgan fingerprint density at radius 1 is 1.39 bits per heavy atom. The number of hydrogen-bond acceptors (Lipinski definition) is 3. The lowest BCUT2D eigenvalue weighted by atomic mass is 10.0. The number of nitrogens with one attached hydrogen (secondary N) is 1. The molecular weight excluding hydrogens is 222 g/mol. The van der Waals surface area contributed by atoms with Crippen LogP contribution < -0.4 is 5.32 Å². The molecule has 2 aliphatic rings. The number of aromatic nitrogens is 2. The summed E-state index contributed by atoms with van der Waals surface area (Å²) in [7, 11) is 0. The molecule has 1 heterocycles. The second kappa shape index (κ2) is 4.96. The first-order valence-corrected chi connectivity index (χ1v) is 7.38. The van der Waals surface area contributed by atoms with E-state index in [2.05, 4.69) is 30.3 Å². The molecule has 3 heteroatoms. The van der Waals surface area contributed by atoms with E-state index in [-0.39, 0.29) is 0 Å².